The zero-order valence-electron chi connectivity index (χ0n) is 9.92. The van der Waals surface area contributed by atoms with Gasteiger partial charge in [-0.05, 0) is 18.2 Å². The number of carboxylic acids is 1. The van der Waals surface area contributed by atoms with Gasteiger partial charge in [0.25, 0.3) is 0 Å². The van der Waals surface area contributed by atoms with E-state index in [1.54, 1.807) is 6.07 Å². The molecule has 0 saturated carbocycles. The Kier molecular flexibility index (Phi) is 4.69. The van der Waals surface area contributed by atoms with Crippen LogP contribution in [-0.2, 0) is 16.6 Å². The van der Waals surface area contributed by atoms with Gasteiger partial charge in [0.1, 0.15) is 11.9 Å². The van der Waals surface area contributed by atoms with E-state index in [4.69, 9.17) is 28.3 Å². The average molecular weight is 331 g/mol. The number of carbonyl (C=O) groups is 1. The second-order valence-electron chi connectivity index (χ2n) is 3.75. The molecule has 0 radical (unpaired) electrons. The van der Waals surface area contributed by atoms with E-state index < -0.39 is 16.8 Å². The van der Waals surface area contributed by atoms with Crippen LogP contribution < -0.4 is 0 Å². The van der Waals surface area contributed by atoms with Crippen LogP contribution in [0, 0.1) is 0 Å². The van der Waals surface area contributed by atoms with Crippen LogP contribution in [0.15, 0.2) is 35.6 Å². The van der Waals surface area contributed by atoms with E-state index in [9.17, 15) is 9.00 Å². The van der Waals surface area contributed by atoms with E-state index in [1.807, 2.05) is 0 Å². The van der Waals surface area contributed by atoms with Crippen molar-refractivity contribution in [3.05, 3.63) is 52.0 Å². The molecule has 0 spiro atoms. The molecular weight excluding hydrogens is 323 g/mol. The van der Waals surface area contributed by atoms with Crippen LogP contribution in [0.5, 0.6) is 0 Å². The maximum atomic E-state index is 12.2. The smallest absolute Gasteiger partial charge is 0.339 e. The van der Waals surface area contributed by atoms with Gasteiger partial charge in [0, 0.05) is 11.1 Å². The van der Waals surface area contributed by atoms with Crippen molar-refractivity contribution >= 4 is 40.0 Å². The van der Waals surface area contributed by atoms with Gasteiger partial charge in [0.2, 0.25) is 0 Å². The number of carboxylic acid groups (broad SMARTS) is 1. The number of halogens is 2. The van der Waals surface area contributed by atoms with Gasteiger partial charge in [-0.25, -0.2) is 14.8 Å². The normalized spacial score (nSPS) is 12.1. The molecule has 0 aliphatic heterocycles. The number of aromatic carboxylic acids is 1. The number of hydrogen-bond acceptors (Lipinski definition) is 4. The first-order valence-electron chi connectivity index (χ1n) is 5.34. The Morgan fingerprint density at radius 2 is 2.05 bits per heavy atom. The average Bonchev–Trinajstić information content (AvgIpc) is 2.42. The van der Waals surface area contributed by atoms with Crippen molar-refractivity contribution in [1.29, 1.82) is 0 Å². The molecule has 2 rings (SSSR count). The maximum absolute atomic E-state index is 12.2. The highest BCUT2D eigenvalue weighted by molar-refractivity contribution is 7.84. The predicted molar refractivity (Wildman–Crippen MR) is 75.6 cm³/mol. The molecule has 1 N–H and O–H groups in total. The summed E-state index contributed by atoms with van der Waals surface area (Å²) in [6.45, 7) is 0. The molecule has 0 aliphatic rings. The highest BCUT2D eigenvalue weighted by Gasteiger charge is 2.15. The molecule has 8 heteroatoms. The lowest BCUT2D eigenvalue weighted by Crippen LogP contribution is -2.08. The van der Waals surface area contributed by atoms with Gasteiger partial charge in [-0.15, -0.1) is 0 Å². The Morgan fingerprint density at radius 3 is 2.70 bits per heavy atom. The standard InChI is InChI=1S/C12H8Cl2N2O3S/c13-9-2-1-7(3-10(9)14)20(19)5-11-8(12(17)18)4-15-6-16-11/h1-4,6H,5H2,(H,17,18). The second-order valence-corrected chi connectivity index (χ2v) is 6.02. The van der Waals surface area contributed by atoms with Crippen LogP contribution in [0.2, 0.25) is 10.0 Å². The summed E-state index contributed by atoms with van der Waals surface area (Å²) in [4.78, 5) is 19.0. The third-order valence-electron chi connectivity index (χ3n) is 2.45. The van der Waals surface area contributed by atoms with Crippen LogP contribution in [-0.4, -0.2) is 25.3 Å². The Bertz CT molecular complexity index is 694. The minimum Gasteiger partial charge on any atom is -0.478 e. The largest absolute Gasteiger partial charge is 0.478 e. The molecule has 1 unspecified atom stereocenters. The fourth-order valence-electron chi connectivity index (χ4n) is 1.47. The molecule has 0 amide bonds. The Morgan fingerprint density at radius 1 is 1.30 bits per heavy atom. The molecule has 0 fully saturated rings. The summed E-state index contributed by atoms with van der Waals surface area (Å²) in [5, 5.41) is 9.66. The highest BCUT2D eigenvalue weighted by Crippen LogP contribution is 2.25. The van der Waals surface area contributed by atoms with Crippen molar-refractivity contribution in [2.45, 2.75) is 10.6 Å². The second kappa shape index (κ2) is 6.30. The van der Waals surface area contributed by atoms with Crippen LogP contribution in [0.4, 0.5) is 0 Å². The van der Waals surface area contributed by atoms with E-state index >= 15 is 0 Å². The Balaban J connectivity index is 2.28. The molecule has 1 aromatic carbocycles. The van der Waals surface area contributed by atoms with Crippen LogP contribution in [0.25, 0.3) is 0 Å². The molecule has 1 atom stereocenters. The van der Waals surface area contributed by atoms with E-state index in [0.717, 1.165) is 0 Å². The quantitative estimate of drug-likeness (QED) is 0.932. The summed E-state index contributed by atoms with van der Waals surface area (Å²) >= 11 is 11.6. The molecule has 0 aliphatic carbocycles. The number of benzene rings is 1. The van der Waals surface area contributed by atoms with Crippen LogP contribution >= 0.6 is 23.2 Å². The topological polar surface area (TPSA) is 80.2 Å². The SMILES string of the molecule is O=C(O)c1cncnc1CS(=O)c1ccc(Cl)c(Cl)c1. The Labute approximate surface area is 127 Å². The van der Waals surface area contributed by atoms with Gasteiger partial charge in [0.05, 0.1) is 32.3 Å². The van der Waals surface area contributed by atoms with E-state index in [2.05, 4.69) is 9.97 Å². The number of nitrogens with zero attached hydrogens (tertiary/aromatic N) is 2. The van der Waals surface area contributed by atoms with E-state index in [1.165, 1.54) is 24.7 Å². The van der Waals surface area contributed by atoms with Crippen molar-refractivity contribution < 1.29 is 14.1 Å². The van der Waals surface area contributed by atoms with Gasteiger partial charge in [-0.1, -0.05) is 23.2 Å². The van der Waals surface area contributed by atoms with Gasteiger partial charge in [-0.2, -0.15) is 0 Å². The van der Waals surface area contributed by atoms with Gasteiger partial charge in [-0.3, -0.25) is 4.21 Å². The van der Waals surface area contributed by atoms with Crippen molar-refractivity contribution in [2.24, 2.45) is 0 Å². The first-order chi connectivity index (χ1) is 9.49. The highest BCUT2D eigenvalue weighted by atomic mass is 35.5. The first kappa shape index (κ1) is 14.9. The third-order valence-corrected chi connectivity index (χ3v) is 4.50. The minimum atomic E-state index is -1.48. The molecular formula is C12H8Cl2N2O3S. The summed E-state index contributed by atoms with van der Waals surface area (Å²) in [5.41, 5.74) is 0.137. The molecule has 2 aromatic rings. The molecule has 0 saturated heterocycles. The summed E-state index contributed by atoms with van der Waals surface area (Å²) in [6, 6.07) is 4.60. The molecule has 5 nitrogen and oxygen atoms in total. The van der Waals surface area contributed by atoms with E-state index in [-0.39, 0.29) is 17.0 Å². The van der Waals surface area contributed by atoms with Gasteiger partial charge in [0.15, 0.2) is 0 Å². The number of hydrogen-bond donors (Lipinski definition) is 1. The zero-order chi connectivity index (χ0) is 14.7. The van der Waals surface area contributed by atoms with Crippen LogP contribution in [0.3, 0.4) is 0 Å². The molecule has 0 bridgehead atoms. The molecule has 1 aromatic heterocycles. The molecule has 20 heavy (non-hydrogen) atoms. The molecule has 104 valence electrons. The van der Waals surface area contributed by atoms with Crippen molar-refractivity contribution in [2.75, 3.05) is 0 Å². The van der Waals surface area contributed by atoms with E-state index in [0.29, 0.717) is 14.9 Å². The predicted octanol–water partition coefficient (Wildman–Crippen LogP) is 2.79. The van der Waals surface area contributed by atoms with Crippen LogP contribution in [0.1, 0.15) is 16.1 Å². The monoisotopic (exact) mass is 330 g/mol. The lowest BCUT2D eigenvalue weighted by atomic mass is 10.2. The zero-order valence-corrected chi connectivity index (χ0v) is 12.2. The van der Waals surface area contributed by atoms with Crippen molar-refractivity contribution in [1.82, 2.24) is 9.97 Å². The lowest BCUT2D eigenvalue weighted by Gasteiger charge is -2.05. The summed E-state index contributed by atoms with van der Waals surface area (Å²) in [5.74, 6) is -1.20. The van der Waals surface area contributed by atoms with Gasteiger partial charge < -0.3 is 5.11 Å². The minimum absolute atomic E-state index is 0.0396. The molecule has 1 heterocycles. The third kappa shape index (κ3) is 3.33. The first-order valence-corrected chi connectivity index (χ1v) is 7.42. The fourth-order valence-corrected chi connectivity index (χ4v) is 2.95. The number of aromatic nitrogens is 2. The summed E-state index contributed by atoms with van der Waals surface area (Å²) in [7, 11) is -1.48. The lowest BCUT2D eigenvalue weighted by molar-refractivity contribution is 0.0695. The Hall–Kier alpha value is -1.50. The summed E-state index contributed by atoms with van der Waals surface area (Å²) in [6.07, 6.45) is 2.39. The summed E-state index contributed by atoms with van der Waals surface area (Å²) < 4.78 is 12.2. The van der Waals surface area contributed by atoms with Gasteiger partial charge >= 0.3 is 5.97 Å². The fraction of sp³-hybridized carbons (Fsp3) is 0.0833. The number of rotatable bonds is 4. The maximum Gasteiger partial charge on any atom is 0.339 e. The van der Waals surface area contributed by atoms with Crippen molar-refractivity contribution in [3.8, 4) is 0 Å². The van der Waals surface area contributed by atoms with Crippen molar-refractivity contribution in [3.63, 3.8) is 0 Å².